The lowest BCUT2D eigenvalue weighted by Gasteiger charge is -2.07. The molecule has 0 saturated carbocycles. The Labute approximate surface area is 158 Å². The van der Waals surface area contributed by atoms with Gasteiger partial charge in [-0.3, -0.25) is 0 Å². The minimum absolute atomic E-state index is 0. The third-order valence-corrected chi connectivity index (χ3v) is 3.31. The number of anilines is 1. The van der Waals surface area contributed by atoms with E-state index in [4.69, 9.17) is 19.9 Å². The smallest absolute Gasteiger partial charge is 0.231 e. The summed E-state index contributed by atoms with van der Waals surface area (Å²) in [5, 5.41) is 3.04. The Bertz CT molecular complexity index is 705. The van der Waals surface area contributed by atoms with Crippen LogP contribution < -0.4 is 25.3 Å². The maximum Gasteiger partial charge on any atom is 0.231 e. The first-order chi connectivity index (χ1) is 11.2. The van der Waals surface area contributed by atoms with E-state index in [1.54, 1.807) is 6.07 Å². The Morgan fingerprint density at radius 1 is 1.17 bits per heavy atom. The zero-order valence-corrected chi connectivity index (χ0v) is 15.7. The Hall–Kier alpha value is -2.16. The third-order valence-electron chi connectivity index (χ3n) is 3.31. The SMILES string of the molecule is Cc1ccc(NC(N)=NCCOc2ccc3c(c2)OCO3)cc1.I. The molecule has 0 spiro atoms. The van der Waals surface area contributed by atoms with Gasteiger partial charge in [-0.25, -0.2) is 4.99 Å². The Morgan fingerprint density at radius 3 is 2.71 bits per heavy atom. The van der Waals surface area contributed by atoms with Crippen LogP contribution in [0.2, 0.25) is 0 Å². The summed E-state index contributed by atoms with van der Waals surface area (Å²) in [6, 6.07) is 13.4. The average molecular weight is 441 g/mol. The topological polar surface area (TPSA) is 78.1 Å². The standard InChI is InChI=1S/C17H19N3O3.HI/c1-12-2-4-13(5-3-12)20-17(18)19-8-9-21-14-6-7-15-16(10-14)23-11-22-15;/h2-7,10H,8-9,11H2,1H3,(H3,18,19,20);1H. The number of rotatable bonds is 5. The zero-order valence-electron chi connectivity index (χ0n) is 13.3. The second kappa shape index (κ2) is 8.62. The van der Waals surface area contributed by atoms with Gasteiger partial charge in [0.05, 0.1) is 6.54 Å². The van der Waals surface area contributed by atoms with Crippen LogP contribution in [-0.2, 0) is 0 Å². The summed E-state index contributed by atoms with van der Waals surface area (Å²) < 4.78 is 16.2. The molecule has 0 fully saturated rings. The fourth-order valence-corrected chi connectivity index (χ4v) is 2.12. The quantitative estimate of drug-likeness (QED) is 0.323. The number of aliphatic imine (C=N–C) groups is 1. The molecule has 7 heteroatoms. The second-order valence-corrected chi connectivity index (χ2v) is 5.12. The fourth-order valence-electron chi connectivity index (χ4n) is 2.12. The molecule has 0 atom stereocenters. The van der Waals surface area contributed by atoms with Crippen molar-refractivity contribution in [2.45, 2.75) is 6.92 Å². The van der Waals surface area contributed by atoms with E-state index < -0.39 is 0 Å². The molecule has 1 aliphatic rings. The van der Waals surface area contributed by atoms with Crippen LogP contribution in [0.5, 0.6) is 17.2 Å². The normalized spacial score (nSPS) is 12.5. The van der Waals surface area contributed by atoms with Gasteiger partial charge in [0.25, 0.3) is 0 Å². The molecular formula is C17H20IN3O3. The van der Waals surface area contributed by atoms with Crippen LogP contribution in [0.4, 0.5) is 5.69 Å². The summed E-state index contributed by atoms with van der Waals surface area (Å²) in [5.74, 6) is 2.52. The molecule has 24 heavy (non-hydrogen) atoms. The fraction of sp³-hybridized carbons (Fsp3) is 0.235. The number of benzene rings is 2. The second-order valence-electron chi connectivity index (χ2n) is 5.12. The molecule has 3 N–H and O–H groups in total. The number of ether oxygens (including phenoxy) is 3. The molecule has 0 bridgehead atoms. The minimum atomic E-state index is 0. The number of fused-ring (bicyclic) bond motifs is 1. The van der Waals surface area contributed by atoms with E-state index in [9.17, 15) is 0 Å². The number of guanidine groups is 1. The molecule has 1 aliphatic heterocycles. The molecule has 3 rings (SSSR count). The number of hydrogen-bond acceptors (Lipinski definition) is 4. The summed E-state index contributed by atoms with van der Waals surface area (Å²) in [4.78, 5) is 4.23. The van der Waals surface area contributed by atoms with E-state index in [0.29, 0.717) is 24.9 Å². The van der Waals surface area contributed by atoms with Gasteiger partial charge in [-0.1, -0.05) is 17.7 Å². The van der Waals surface area contributed by atoms with E-state index in [0.717, 1.165) is 17.2 Å². The van der Waals surface area contributed by atoms with Gasteiger partial charge in [-0.15, -0.1) is 24.0 Å². The largest absolute Gasteiger partial charge is 0.492 e. The lowest BCUT2D eigenvalue weighted by Crippen LogP contribution is -2.23. The van der Waals surface area contributed by atoms with E-state index >= 15 is 0 Å². The van der Waals surface area contributed by atoms with Crippen LogP contribution in [0.1, 0.15) is 5.56 Å². The van der Waals surface area contributed by atoms with Crippen molar-refractivity contribution in [2.75, 3.05) is 25.3 Å². The molecular weight excluding hydrogens is 421 g/mol. The Balaban J connectivity index is 0.00000208. The van der Waals surface area contributed by atoms with Crippen LogP contribution in [0.3, 0.4) is 0 Å². The van der Waals surface area contributed by atoms with Crippen LogP contribution in [0.15, 0.2) is 47.5 Å². The van der Waals surface area contributed by atoms with Crippen LogP contribution in [0, 0.1) is 6.92 Å². The van der Waals surface area contributed by atoms with Gasteiger partial charge in [0.2, 0.25) is 6.79 Å². The van der Waals surface area contributed by atoms with Crippen molar-refractivity contribution in [3.63, 3.8) is 0 Å². The number of nitrogens with zero attached hydrogens (tertiary/aromatic N) is 1. The van der Waals surface area contributed by atoms with E-state index in [1.165, 1.54) is 5.56 Å². The highest BCUT2D eigenvalue weighted by Crippen LogP contribution is 2.34. The van der Waals surface area contributed by atoms with Crippen molar-refractivity contribution in [1.29, 1.82) is 0 Å². The number of aryl methyl sites for hydroxylation is 1. The summed E-state index contributed by atoms with van der Waals surface area (Å²) in [5.41, 5.74) is 7.95. The molecule has 0 aliphatic carbocycles. The van der Waals surface area contributed by atoms with Crippen molar-refractivity contribution in [2.24, 2.45) is 10.7 Å². The zero-order chi connectivity index (χ0) is 16.1. The number of hydrogen-bond donors (Lipinski definition) is 2. The molecule has 0 saturated heterocycles. The summed E-state index contributed by atoms with van der Waals surface area (Å²) in [7, 11) is 0. The molecule has 0 radical (unpaired) electrons. The molecule has 6 nitrogen and oxygen atoms in total. The van der Waals surface area contributed by atoms with Crippen LogP contribution in [0.25, 0.3) is 0 Å². The molecule has 128 valence electrons. The first-order valence-corrected chi connectivity index (χ1v) is 7.37. The van der Waals surface area contributed by atoms with Gasteiger partial charge >= 0.3 is 0 Å². The highest BCUT2D eigenvalue weighted by atomic mass is 127. The average Bonchev–Trinajstić information content (AvgIpc) is 3.01. The monoisotopic (exact) mass is 441 g/mol. The number of halogens is 1. The van der Waals surface area contributed by atoms with E-state index in [1.807, 2.05) is 43.3 Å². The minimum Gasteiger partial charge on any atom is -0.492 e. The maximum absolute atomic E-state index is 5.84. The van der Waals surface area contributed by atoms with Crippen molar-refractivity contribution in [3.05, 3.63) is 48.0 Å². The molecule has 2 aromatic rings. The summed E-state index contributed by atoms with van der Waals surface area (Å²) in [6.45, 7) is 3.17. The van der Waals surface area contributed by atoms with Crippen molar-refractivity contribution in [1.82, 2.24) is 0 Å². The first-order valence-electron chi connectivity index (χ1n) is 7.37. The van der Waals surface area contributed by atoms with Gasteiger partial charge in [0, 0.05) is 11.8 Å². The lowest BCUT2D eigenvalue weighted by molar-refractivity contribution is 0.174. The number of nitrogens with two attached hydrogens (primary N) is 1. The van der Waals surface area contributed by atoms with Crippen LogP contribution in [-0.4, -0.2) is 25.9 Å². The van der Waals surface area contributed by atoms with Gasteiger partial charge < -0.3 is 25.3 Å². The third kappa shape index (κ3) is 4.92. The molecule has 0 unspecified atom stereocenters. The highest BCUT2D eigenvalue weighted by Gasteiger charge is 2.13. The van der Waals surface area contributed by atoms with Crippen molar-refractivity contribution >= 4 is 35.6 Å². The summed E-state index contributed by atoms with van der Waals surface area (Å²) >= 11 is 0. The Morgan fingerprint density at radius 2 is 1.92 bits per heavy atom. The Kier molecular flexibility index (Phi) is 6.53. The predicted octanol–water partition coefficient (Wildman–Crippen LogP) is 3.15. The summed E-state index contributed by atoms with van der Waals surface area (Å²) in [6.07, 6.45) is 0. The van der Waals surface area contributed by atoms with Crippen molar-refractivity contribution < 1.29 is 14.2 Å². The van der Waals surface area contributed by atoms with Gasteiger partial charge in [-0.2, -0.15) is 0 Å². The molecule has 0 aromatic heterocycles. The predicted molar refractivity (Wildman–Crippen MR) is 105 cm³/mol. The highest BCUT2D eigenvalue weighted by molar-refractivity contribution is 14.0. The molecule has 0 amide bonds. The van der Waals surface area contributed by atoms with Crippen molar-refractivity contribution in [3.8, 4) is 17.2 Å². The molecule has 1 heterocycles. The van der Waals surface area contributed by atoms with Gasteiger partial charge in [0.1, 0.15) is 12.4 Å². The van der Waals surface area contributed by atoms with Crippen LogP contribution >= 0.6 is 24.0 Å². The van der Waals surface area contributed by atoms with E-state index in [2.05, 4.69) is 10.3 Å². The van der Waals surface area contributed by atoms with Gasteiger partial charge in [0.15, 0.2) is 17.5 Å². The maximum atomic E-state index is 5.84. The van der Waals surface area contributed by atoms with E-state index in [-0.39, 0.29) is 30.8 Å². The molecule has 2 aromatic carbocycles. The number of nitrogens with one attached hydrogen (secondary N) is 1. The lowest BCUT2D eigenvalue weighted by atomic mass is 10.2. The van der Waals surface area contributed by atoms with Gasteiger partial charge in [-0.05, 0) is 31.2 Å². The first kappa shape index (κ1) is 18.2.